The van der Waals surface area contributed by atoms with Gasteiger partial charge >= 0.3 is 0 Å². The zero-order valence-corrected chi connectivity index (χ0v) is 7.74. The van der Waals surface area contributed by atoms with Crippen molar-refractivity contribution in [3.05, 3.63) is 0 Å². The van der Waals surface area contributed by atoms with Crippen LogP contribution in [0.2, 0.25) is 0 Å². The van der Waals surface area contributed by atoms with Crippen LogP contribution in [0, 0.1) is 5.41 Å². The van der Waals surface area contributed by atoms with Gasteiger partial charge in [-0.05, 0) is 12.8 Å². The van der Waals surface area contributed by atoms with Crippen LogP contribution in [0.1, 0.15) is 46.0 Å². The van der Waals surface area contributed by atoms with E-state index < -0.39 is 0 Å². The maximum Gasteiger partial charge on any atom is 0.0931 e. The third-order valence-electron chi connectivity index (χ3n) is 1.65. The van der Waals surface area contributed by atoms with Gasteiger partial charge in [0.15, 0.2) is 0 Å². The highest BCUT2D eigenvalue weighted by Gasteiger charge is 1.92. The average molecular weight is 156 g/mol. The molecule has 0 bridgehead atoms. The molecule has 0 rings (SSSR count). The van der Waals surface area contributed by atoms with E-state index in [1.54, 1.807) is 0 Å². The summed E-state index contributed by atoms with van der Waals surface area (Å²) in [5.74, 6) is 0.709. The van der Waals surface area contributed by atoms with Crippen LogP contribution in [0.25, 0.3) is 0 Å². The molecule has 0 atom stereocenters. The maximum absolute atomic E-state index is 7.46. The molecule has 0 aliphatic heterocycles. The van der Waals surface area contributed by atoms with Gasteiger partial charge in [-0.2, -0.15) is 0 Å². The second kappa shape index (κ2) is 7.58. The first-order valence-corrected chi connectivity index (χ1v) is 4.62. The quantitative estimate of drug-likeness (QED) is 0.346. The Morgan fingerprint density at radius 1 is 1.18 bits per heavy atom. The minimum atomic E-state index is 0.709. The monoisotopic (exact) mass is 156 g/mol. The van der Waals surface area contributed by atoms with Crippen molar-refractivity contribution in [3.63, 3.8) is 0 Å². The Kier molecular flexibility index (Phi) is 7.21. The Balaban J connectivity index is 3.09. The minimum absolute atomic E-state index is 0.709. The predicted molar refractivity (Wildman–Crippen MR) is 50.2 cm³/mol. The molecule has 0 aliphatic carbocycles. The first kappa shape index (κ1) is 10.5. The fraction of sp³-hybridized carbons (Fsp3) is 0.889. The SMILES string of the molecule is CCCCNC(=N)CCCC. The van der Waals surface area contributed by atoms with Gasteiger partial charge in [-0.1, -0.05) is 26.7 Å². The van der Waals surface area contributed by atoms with Crippen molar-refractivity contribution in [2.24, 2.45) is 0 Å². The average Bonchev–Trinajstić information content (AvgIpc) is 2.01. The highest BCUT2D eigenvalue weighted by Crippen LogP contribution is 1.93. The summed E-state index contributed by atoms with van der Waals surface area (Å²) in [6.07, 6.45) is 5.61. The topological polar surface area (TPSA) is 35.9 Å². The molecule has 66 valence electrons. The molecule has 0 aromatic heterocycles. The van der Waals surface area contributed by atoms with Crippen LogP contribution >= 0.6 is 0 Å². The molecule has 0 saturated heterocycles. The van der Waals surface area contributed by atoms with E-state index in [1.807, 2.05) is 0 Å². The summed E-state index contributed by atoms with van der Waals surface area (Å²) in [7, 11) is 0. The number of rotatable bonds is 6. The molecule has 0 saturated carbocycles. The summed E-state index contributed by atoms with van der Waals surface area (Å²) in [6.45, 7) is 5.29. The van der Waals surface area contributed by atoms with E-state index in [0.717, 1.165) is 19.4 Å². The third kappa shape index (κ3) is 7.37. The molecule has 0 fully saturated rings. The van der Waals surface area contributed by atoms with Crippen molar-refractivity contribution in [1.82, 2.24) is 5.32 Å². The predicted octanol–water partition coefficient (Wildman–Crippen LogP) is 2.54. The Labute approximate surface area is 69.9 Å². The standard InChI is InChI=1S/C9H20N2/c1-3-5-7-9(10)11-8-6-4-2/h3-8H2,1-2H3,(H2,10,11). The van der Waals surface area contributed by atoms with E-state index in [2.05, 4.69) is 19.2 Å². The van der Waals surface area contributed by atoms with E-state index in [4.69, 9.17) is 5.41 Å². The molecule has 0 spiro atoms. The fourth-order valence-electron chi connectivity index (χ4n) is 0.858. The van der Waals surface area contributed by atoms with Gasteiger partial charge in [0.2, 0.25) is 0 Å². The molecular formula is C9H20N2. The van der Waals surface area contributed by atoms with Crippen molar-refractivity contribution >= 4 is 5.84 Å². The summed E-state index contributed by atoms with van der Waals surface area (Å²) in [5.41, 5.74) is 0. The van der Waals surface area contributed by atoms with Crippen molar-refractivity contribution < 1.29 is 0 Å². The van der Waals surface area contributed by atoms with Crippen LogP contribution in [0.5, 0.6) is 0 Å². The maximum atomic E-state index is 7.46. The lowest BCUT2D eigenvalue weighted by molar-refractivity contribution is 0.729. The van der Waals surface area contributed by atoms with Crippen LogP contribution in [0.15, 0.2) is 0 Å². The first-order valence-electron chi connectivity index (χ1n) is 4.62. The molecule has 2 heteroatoms. The smallest absolute Gasteiger partial charge is 0.0931 e. The summed E-state index contributed by atoms with van der Waals surface area (Å²) >= 11 is 0. The van der Waals surface area contributed by atoms with Crippen LogP contribution in [-0.2, 0) is 0 Å². The second-order valence-electron chi connectivity index (χ2n) is 2.86. The van der Waals surface area contributed by atoms with E-state index in [-0.39, 0.29) is 0 Å². The van der Waals surface area contributed by atoms with Gasteiger partial charge in [-0.3, -0.25) is 5.41 Å². The van der Waals surface area contributed by atoms with Crippen LogP contribution in [0.4, 0.5) is 0 Å². The molecule has 0 unspecified atom stereocenters. The molecule has 0 radical (unpaired) electrons. The summed E-state index contributed by atoms with van der Waals surface area (Å²) < 4.78 is 0. The molecule has 0 heterocycles. The number of hydrogen-bond acceptors (Lipinski definition) is 1. The molecule has 11 heavy (non-hydrogen) atoms. The number of unbranched alkanes of at least 4 members (excludes halogenated alkanes) is 2. The number of amidine groups is 1. The summed E-state index contributed by atoms with van der Waals surface area (Å²) in [5, 5.41) is 10.6. The lowest BCUT2D eigenvalue weighted by Crippen LogP contribution is -2.23. The molecular weight excluding hydrogens is 136 g/mol. The zero-order valence-electron chi connectivity index (χ0n) is 7.74. The largest absolute Gasteiger partial charge is 0.374 e. The fourth-order valence-corrected chi connectivity index (χ4v) is 0.858. The Morgan fingerprint density at radius 2 is 1.82 bits per heavy atom. The lowest BCUT2D eigenvalue weighted by atomic mass is 10.2. The Hall–Kier alpha value is -0.530. The van der Waals surface area contributed by atoms with Gasteiger partial charge in [0, 0.05) is 13.0 Å². The van der Waals surface area contributed by atoms with Crippen molar-refractivity contribution in [2.75, 3.05) is 6.54 Å². The first-order chi connectivity index (χ1) is 5.31. The molecule has 0 amide bonds. The number of nitrogens with one attached hydrogen (secondary N) is 2. The normalized spacial score (nSPS) is 9.64. The molecule has 2 nitrogen and oxygen atoms in total. The van der Waals surface area contributed by atoms with Crippen molar-refractivity contribution in [2.45, 2.75) is 46.0 Å². The van der Waals surface area contributed by atoms with Crippen LogP contribution in [-0.4, -0.2) is 12.4 Å². The van der Waals surface area contributed by atoms with E-state index in [1.165, 1.54) is 19.3 Å². The zero-order chi connectivity index (χ0) is 8.53. The second-order valence-corrected chi connectivity index (χ2v) is 2.86. The number of hydrogen-bond donors (Lipinski definition) is 2. The molecule has 0 aliphatic rings. The highest BCUT2D eigenvalue weighted by molar-refractivity contribution is 5.78. The van der Waals surface area contributed by atoms with Crippen molar-refractivity contribution in [1.29, 1.82) is 5.41 Å². The van der Waals surface area contributed by atoms with Gasteiger partial charge < -0.3 is 5.32 Å². The molecule has 2 N–H and O–H groups in total. The van der Waals surface area contributed by atoms with Gasteiger partial charge in [-0.15, -0.1) is 0 Å². The van der Waals surface area contributed by atoms with Gasteiger partial charge in [-0.25, -0.2) is 0 Å². The van der Waals surface area contributed by atoms with Gasteiger partial charge in [0.25, 0.3) is 0 Å². The summed E-state index contributed by atoms with van der Waals surface area (Å²) in [4.78, 5) is 0. The van der Waals surface area contributed by atoms with Crippen molar-refractivity contribution in [3.8, 4) is 0 Å². The van der Waals surface area contributed by atoms with E-state index >= 15 is 0 Å². The van der Waals surface area contributed by atoms with Gasteiger partial charge in [0.1, 0.15) is 0 Å². The van der Waals surface area contributed by atoms with Gasteiger partial charge in [0.05, 0.1) is 5.84 Å². The highest BCUT2D eigenvalue weighted by atomic mass is 14.9. The van der Waals surface area contributed by atoms with Crippen LogP contribution in [0.3, 0.4) is 0 Å². The third-order valence-corrected chi connectivity index (χ3v) is 1.65. The molecule has 0 aromatic rings. The Bertz CT molecular complexity index is 99.7. The minimum Gasteiger partial charge on any atom is -0.374 e. The lowest BCUT2D eigenvalue weighted by Gasteiger charge is -2.05. The van der Waals surface area contributed by atoms with E-state index in [0.29, 0.717) is 5.84 Å². The van der Waals surface area contributed by atoms with E-state index in [9.17, 15) is 0 Å². The van der Waals surface area contributed by atoms with Crippen LogP contribution < -0.4 is 5.32 Å². The summed E-state index contributed by atoms with van der Waals surface area (Å²) in [6, 6.07) is 0. The Morgan fingerprint density at radius 3 is 2.36 bits per heavy atom. The molecule has 0 aromatic carbocycles.